The third kappa shape index (κ3) is 3.30. The van der Waals surface area contributed by atoms with E-state index in [2.05, 4.69) is 27.2 Å². The lowest BCUT2D eigenvalue weighted by Gasteiger charge is -2.19. The first kappa shape index (κ1) is 15.6. The number of hydrogen-bond donors (Lipinski definition) is 0. The van der Waals surface area contributed by atoms with Gasteiger partial charge in [-0.05, 0) is 31.0 Å². The first-order chi connectivity index (χ1) is 11.7. The molecule has 128 valence electrons. The molecule has 4 rings (SSSR count). The van der Waals surface area contributed by atoms with Crippen LogP contribution in [0.4, 0.5) is 0 Å². The van der Waals surface area contributed by atoms with Crippen molar-refractivity contribution >= 4 is 0 Å². The summed E-state index contributed by atoms with van der Waals surface area (Å²) in [4.78, 5) is 6.74. The van der Waals surface area contributed by atoms with Crippen LogP contribution in [-0.4, -0.2) is 47.4 Å². The van der Waals surface area contributed by atoms with Crippen LogP contribution in [0.25, 0.3) is 0 Å². The monoisotopic (exact) mass is 329 g/mol. The lowest BCUT2D eigenvalue weighted by atomic mass is 10.0. The molecule has 0 saturated carbocycles. The molecule has 2 aliphatic rings. The number of ether oxygens (including phenoxy) is 2. The van der Waals surface area contributed by atoms with E-state index >= 15 is 0 Å². The Bertz CT molecular complexity index is 688. The molecular formula is C18H23N3O3. The van der Waals surface area contributed by atoms with E-state index < -0.39 is 0 Å². The summed E-state index contributed by atoms with van der Waals surface area (Å²) in [5, 5.41) is 3.84. The Kier molecular flexibility index (Phi) is 4.24. The maximum Gasteiger partial charge on any atom is 0.229 e. The van der Waals surface area contributed by atoms with Crippen molar-refractivity contribution in [2.24, 2.45) is 5.92 Å². The smallest absolute Gasteiger partial charge is 0.229 e. The van der Waals surface area contributed by atoms with Crippen molar-refractivity contribution in [2.45, 2.75) is 38.5 Å². The van der Waals surface area contributed by atoms with E-state index in [0.29, 0.717) is 23.7 Å². The van der Waals surface area contributed by atoms with Gasteiger partial charge in [-0.1, -0.05) is 17.3 Å². The Morgan fingerprint density at radius 1 is 1.33 bits per heavy atom. The summed E-state index contributed by atoms with van der Waals surface area (Å²) in [6.45, 7) is 4.86. The van der Waals surface area contributed by atoms with E-state index in [9.17, 15) is 0 Å². The largest absolute Gasteiger partial charge is 0.497 e. The maximum atomic E-state index is 6.22. The average molecular weight is 329 g/mol. The number of likely N-dealkylation sites (tertiary alicyclic amines) is 1. The Labute approximate surface area is 141 Å². The molecule has 3 heterocycles. The predicted molar refractivity (Wildman–Crippen MR) is 87.8 cm³/mol. The van der Waals surface area contributed by atoms with Gasteiger partial charge in [0.2, 0.25) is 5.89 Å². The highest BCUT2D eigenvalue weighted by Crippen LogP contribution is 2.34. The van der Waals surface area contributed by atoms with Crippen LogP contribution in [0.2, 0.25) is 0 Å². The highest BCUT2D eigenvalue weighted by Gasteiger charge is 2.42. The highest BCUT2D eigenvalue weighted by atomic mass is 16.5. The summed E-state index contributed by atoms with van der Waals surface area (Å²) in [7, 11) is 1.71. The maximum absolute atomic E-state index is 6.22. The molecule has 0 amide bonds. The molecule has 1 aromatic heterocycles. The molecule has 6 nitrogen and oxygen atoms in total. The molecule has 2 saturated heterocycles. The number of methoxy groups -OCH3 is 1. The summed E-state index contributed by atoms with van der Waals surface area (Å²) >= 11 is 0. The zero-order valence-corrected chi connectivity index (χ0v) is 14.1. The number of benzene rings is 1. The third-order valence-electron chi connectivity index (χ3n) is 4.90. The van der Waals surface area contributed by atoms with Gasteiger partial charge in [-0.2, -0.15) is 4.98 Å². The van der Waals surface area contributed by atoms with Gasteiger partial charge >= 0.3 is 0 Å². The van der Waals surface area contributed by atoms with Crippen LogP contribution in [0, 0.1) is 12.8 Å². The summed E-state index contributed by atoms with van der Waals surface area (Å²) < 4.78 is 16.7. The standard InChI is InChI=1S/C18H23N3O3/c1-12-19-18(24-20-12)8-16-7-14-10-21(11-17(14)23-16)9-13-4-3-5-15(6-13)22-2/h3-6,14,16-17H,7-11H2,1-2H3/t14-,16+,17+/m0/s1. The summed E-state index contributed by atoms with van der Waals surface area (Å²) in [5.41, 5.74) is 1.28. The first-order valence-corrected chi connectivity index (χ1v) is 8.49. The van der Waals surface area contributed by atoms with Gasteiger partial charge in [-0.15, -0.1) is 0 Å². The van der Waals surface area contributed by atoms with Gasteiger partial charge in [0, 0.05) is 25.6 Å². The Morgan fingerprint density at radius 2 is 2.25 bits per heavy atom. The Balaban J connectivity index is 1.31. The minimum atomic E-state index is 0.207. The van der Waals surface area contributed by atoms with Gasteiger partial charge < -0.3 is 14.0 Å². The van der Waals surface area contributed by atoms with Crippen LogP contribution in [0.15, 0.2) is 28.8 Å². The minimum absolute atomic E-state index is 0.207. The zero-order chi connectivity index (χ0) is 16.5. The second kappa shape index (κ2) is 6.53. The Morgan fingerprint density at radius 3 is 3.00 bits per heavy atom. The van der Waals surface area contributed by atoms with Crippen LogP contribution in [0.3, 0.4) is 0 Å². The number of aryl methyl sites for hydroxylation is 1. The number of aromatic nitrogens is 2. The van der Waals surface area contributed by atoms with Crippen LogP contribution >= 0.6 is 0 Å². The lowest BCUT2D eigenvalue weighted by molar-refractivity contribution is 0.0343. The fourth-order valence-corrected chi connectivity index (χ4v) is 3.86. The second-order valence-electron chi connectivity index (χ2n) is 6.78. The zero-order valence-electron chi connectivity index (χ0n) is 14.1. The van der Waals surface area contributed by atoms with Gasteiger partial charge in [-0.25, -0.2) is 0 Å². The number of nitrogens with zero attached hydrogens (tertiary/aromatic N) is 3. The van der Waals surface area contributed by atoms with Crippen molar-refractivity contribution in [3.63, 3.8) is 0 Å². The van der Waals surface area contributed by atoms with Crippen LogP contribution in [0.5, 0.6) is 5.75 Å². The molecule has 0 bridgehead atoms. The molecule has 3 atom stereocenters. The fraction of sp³-hybridized carbons (Fsp3) is 0.556. The van der Waals surface area contributed by atoms with E-state index in [4.69, 9.17) is 14.0 Å². The van der Waals surface area contributed by atoms with Gasteiger partial charge in [-0.3, -0.25) is 4.90 Å². The average Bonchev–Trinajstić information content (AvgIpc) is 3.23. The normalized spacial score (nSPS) is 26.7. The Hall–Kier alpha value is -1.92. The molecule has 6 heteroatoms. The van der Waals surface area contributed by atoms with Crippen molar-refractivity contribution in [1.29, 1.82) is 0 Å². The lowest BCUT2D eigenvalue weighted by Crippen LogP contribution is -2.25. The van der Waals surface area contributed by atoms with Crippen molar-refractivity contribution < 1.29 is 14.0 Å². The van der Waals surface area contributed by atoms with Crippen LogP contribution < -0.4 is 4.74 Å². The summed E-state index contributed by atoms with van der Waals surface area (Å²) in [6, 6.07) is 8.28. The fourth-order valence-electron chi connectivity index (χ4n) is 3.86. The van der Waals surface area contributed by atoms with Gasteiger partial charge in [0.1, 0.15) is 5.75 Å². The topological polar surface area (TPSA) is 60.6 Å². The summed E-state index contributed by atoms with van der Waals surface area (Å²) in [6.07, 6.45) is 2.33. The van der Waals surface area contributed by atoms with Crippen molar-refractivity contribution in [1.82, 2.24) is 15.0 Å². The van der Waals surface area contributed by atoms with E-state index in [0.717, 1.165) is 38.2 Å². The van der Waals surface area contributed by atoms with Crippen molar-refractivity contribution in [2.75, 3.05) is 20.2 Å². The number of rotatable bonds is 5. The van der Waals surface area contributed by atoms with E-state index in [1.54, 1.807) is 7.11 Å². The molecule has 2 aromatic rings. The molecule has 0 aliphatic carbocycles. The molecule has 2 aliphatic heterocycles. The molecule has 2 fully saturated rings. The second-order valence-corrected chi connectivity index (χ2v) is 6.78. The van der Waals surface area contributed by atoms with E-state index in [1.807, 2.05) is 19.1 Å². The molecular weight excluding hydrogens is 306 g/mol. The van der Waals surface area contributed by atoms with Crippen molar-refractivity contribution in [3.05, 3.63) is 41.5 Å². The molecule has 1 aromatic carbocycles. The number of hydrogen-bond acceptors (Lipinski definition) is 6. The van der Waals surface area contributed by atoms with Gasteiger partial charge in [0.25, 0.3) is 0 Å². The predicted octanol–water partition coefficient (Wildman–Crippen LogP) is 2.22. The van der Waals surface area contributed by atoms with Gasteiger partial charge in [0.15, 0.2) is 5.82 Å². The molecule has 0 radical (unpaired) electrons. The van der Waals surface area contributed by atoms with Crippen LogP contribution in [0.1, 0.15) is 23.7 Å². The van der Waals surface area contributed by atoms with E-state index in [-0.39, 0.29) is 6.10 Å². The molecule has 24 heavy (non-hydrogen) atoms. The van der Waals surface area contributed by atoms with Gasteiger partial charge in [0.05, 0.1) is 25.7 Å². The minimum Gasteiger partial charge on any atom is -0.497 e. The molecule has 0 unspecified atom stereocenters. The highest BCUT2D eigenvalue weighted by molar-refractivity contribution is 5.28. The quantitative estimate of drug-likeness (QED) is 0.838. The van der Waals surface area contributed by atoms with Crippen LogP contribution in [-0.2, 0) is 17.7 Å². The molecule has 0 spiro atoms. The first-order valence-electron chi connectivity index (χ1n) is 8.49. The SMILES string of the molecule is COc1cccc(CN2C[C@@H]3C[C@H](Cc4nc(C)no4)O[C@@H]3C2)c1. The third-order valence-corrected chi connectivity index (χ3v) is 4.90. The number of fused-ring (bicyclic) bond motifs is 1. The van der Waals surface area contributed by atoms with Crippen molar-refractivity contribution in [3.8, 4) is 5.75 Å². The van der Waals surface area contributed by atoms with E-state index in [1.165, 1.54) is 5.56 Å². The summed E-state index contributed by atoms with van der Waals surface area (Å²) in [5.74, 6) is 2.89. The molecule has 0 N–H and O–H groups in total.